The zero-order chi connectivity index (χ0) is 23.4. The topological polar surface area (TPSA) is 114 Å². The normalized spacial score (nSPS) is 29.8. The number of fused-ring (bicyclic) bond motifs is 4. The van der Waals surface area contributed by atoms with Gasteiger partial charge in [-0.15, -0.1) is 0 Å². The van der Waals surface area contributed by atoms with E-state index >= 15 is 0 Å². The number of ether oxygens (including phenoxy) is 2. The zero-order valence-corrected chi connectivity index (χ0v) is 19.1. The van der Waals surface area contributed by atoms with Gasteiger partial charge < -0.3 is 15.2 Å². The van der Waals surface area contributed by atoms with Crippen molar-refractivity contribution in [3.8, 4) is 22.9 Å². The molecule has 1 amide bonds. The quantitative estimate of drug-likeness (QED) is 0.755. The maximum atomic E-state index is 13.8. The molecule has 2 fully saturated rings. The first-order valence-electron chi connectivity index (χ1n) is 11.9. The maximum Gasteiger partial charge on any atom is 0.262 e. The lowest BCUT2D eigenvalue weighted by molar-refractivity contribution is -0.139. The minimum atomic E-state index is -1.14. The number of guanidine groups is 1. The highest BCUT2D eigenvalue weighted by Crippen LogP contribution is 2.54. The number of carbonyl (C=O) groups is 1. The molecule has 6 rings (SSSR count). The van der Waals surface area contributed by atoms with E-state index in [9.17, 15) is 10.1 Å². The van der Waals surface area contributed by atoms with Crippen LogP contribution in [0, 0.1) is 23.2 Å². The largest absolute Gasteiger partial charge is 0.490 e. The highest BCUT2D eigenvalue weighted by Gasteiger charge is 2.61. The van der Waals surface area contributed by atoms with Crippen LogP contribution in [0.2, 0.25) is 0 Å². The van der Waals surface area contributed by atoms with Crippen LogP contribution in [0.1, 0.15) is 43.2 Å². The van der Waals surface area contributed by atoms with E-state index in [0.717, 1.165) is 30.6 Å². The number of amides is 1. The van der Waals surface area contributed by atoms with Crippen molar-refractivity contribution in [2.24, 2.45) is 22.6 Å². The van der Waals surface area contributed by atoms with E-state index in [1.165, 1.54) is 23.9 Å². The van der Waals surface area contributed by atoms with Crippen LogP contribution >= 0.6 is 0 Å². The van der Waals surface area contributed by atoms with Crippen LogP contribution in [0.4, 0.5) is 0 Å². The standard InChI is InChI=1S/C26H27N5O3/c1-31-24(32)26(30-25(31)28)20-9-17(18-8-16(11-27)12-29-13-18)4-6-22(20)34-23-7-5-19(10-21(23)26)33-14-15-2-3-15/h4,6,8-9,12-13,15,19,21,23H,2-3,5,7,10,14H2,1H3,(H2,28,30)/t19-,21-,23?,26?/m0/s1. The Labute approximate surface area is 198 Å². The number of aliphatic imine (C=N–C) groups is 1. The Morgan fingerprint density at radius 2 is 2.09 bits per heavy atom. The van der Waals surface area contributed by atoms with E-state index in [-0.39, 0.29) is 30.0 Å². The van der Waals surface area contributed by atoms with Gasteiger partial charge in [-0.05, 0) is 61.8 Å². The fraction of sp³-hybridized carbons (Fsp3) is 0.462. The second-order valence-electron chi connectivity index (χ2n) is 9.86. The number of carbonyl (C=O) groups excluding carboxylic acids is 1. The molecule has 0 saturated heterocycles. The van der Waals surface area contributed by atoms with Gasteiger partial charge in [0.2, 0.25) is 0 Å². The van der Waals surface area contributed by atoms with Crippen molar-refractivity contribution in [3.05, 3.63) is 47.8 Å². The van der Waals surface area contributed by atoms with Gasteiger partial charge in [0.15, 0.2) is 11.5 Å². The lowest BCUT2D eigenvalue weighted by Crippen LogP contribution is -2.55. The minimum Gasteiger partial charge on any atom is -0.490 e. The highest BCUT2D eigenvalue weighted by molar-refractivity contribution is 6.07. The molecule has 174 valence electrons. The zero-order valence-electron chi connectivity index (χ0n) is 19.1. The van der Waals surface area contributed by atoms with Crippen LogP contribution in [0.3, 0.4) is 0 Å². The van der Waals surface area contributed by atoms with Crippen molar-refractivity contribution in [1.29, 1.82) is 5.26 Å². The van der Waals surface area contributed by atoms with Crippen LogP contribution in [0.25, 0.3) is 11.1 Å². The van der Waals surface area contributed by atoms with Gasteiger partial charge in [0.1, 0.15) is 17.9 Å². The Morgan fingerprint density at radius 1 is 1.24 bits per heavy atom. The van der Waals surface area contributed by atoms with E-state index in [2.05, 4.69) is 11.1 Å². The number of likely N-dealkylation sites (N-methyl/N-ethyl adjacent to an activating group) is 1. The number of nitriles is 1. The Balaban J connectivity index is 1.44. The van der Waals surface area contributed by atoms with Gasteiger partial charge in [-0.25, -0.2) is 4.99 Å². The Hall–Kier alpha value is -3.44. The Bertz CT molecular complexity index is 1230. The van der Waals surface area contributed by atoms with Crippen LogP contribution in [-0.4, -0.2) is 47.6 Å². The van der Waals surface area contributed by atoms with E-state index in [1.54, 1.807) is 19.3 Å². The number of hydrogen-bond acceptors (Lipinski definition) is 7. The molecule has 2 N–H and O–H groups in total. The number of aromatic nitrogens is 1. The predicted molar refractivity (Wildman–Crippen MR) is 125 cm³/mol. The summed E-state index contributed by atoms with van der Waals surface area (Å²) in [6.07, 6.45) is 8.10. The summed E-state index contributed by atoms with van der Waals surface area (Å²) in [6.45, 7) is 0.790. The molecule has 3 heterocycles. The SMILES string of the molecule is CN1C(=O)C2(N=C1N)c1cc(-c3cncc(C#N)c3)ccc1OC1CC[C@H](OCC3CC3)C[C@@H]12. The van der Waals surface area contributed by atoms with Gasteiger partial charge in [-0.1, -0.05) is 6.07 Å². The molecule has 8 nitrogen and oxygen atoms in total. The van der Waals surface area contributed by atoms with Crippen LogP contribution < -0.4 is 10.5 Å². The number of nitrogens with zero attached hydrogens (tertiary/aromatic N) is 4. The number of hydrogen-bond donors (Lipinski definition) is 1. The second kappa shape index (κ2) is 7.81. The minimum absolute atomic E-state index is 0.0821. The average Bonchev–Trinajstić information content (AvgIpc) is 3.67. The van der Waals surface area contributed by atoms with Gasteiger partial charge >= 0.3 is 0 Å². The molecule has 2 aliphatic heterocycles. The molecule has 4 aliphatic rings. The smallest absolute Gasteiger partial charge is 0.262 e. The first-order chi connectivity index (χ1) is 16.5. The van der Waals surface area contributed by atoms with Gasteiger partial charge in [0.25, 0.3) is 5.91 Å². The van der Waals surface area contributed by atoms with Crippen LogP contribution in [0.15, 0.2) is 41.7 Å². The van der Waals surface area contributed by atoms with Crippen molar-refractivity contribution in [2.45, 2.75) is 49.9 Å². The lowest BCUT2D eigenvalue weighted by Gasteiger charge is -2.47. The lowest BCUT2D eigenvalue weighted by atomic mass is 9.66. The third-order valence-corrected chi connectivity index (χ3v) is 7.67. The summed E-state index contributed by atoms with van der Waals surface area (Å²) in [6, 6.07) is 9.71. The molecule has 2 unspecified atom stereocenters. The molecule has 2 saturated carbocycles. The number of benzene rings is 1. The third-order valence-electron chi connectivity index (χ3n) is 7.67. The molecule has 0 radical (unpaired) electrons. The van der Waals surface area contributed by atoms with Gasteiger partial charge in [-0.2, -0.15) is 5.26 Å². The number of nitrogens with two attached hydrogens (primary N) is 1. The summed E-state index contributed by atoms with van der Waals surface area (Å²) >= 11 is 0. The monoisotopic (exact) mass is 457 g/mol. The fourth-order valence-electron chi connectivity index (χ4n) is 5.60. The molecule has 2 aromatic rings. The highest BCUT2D eigenvalue weighted by atomic mass is 16.5. The molecule has 1 aromatic carbocycles. The fourth-order valence-corrected chi connectivity index (χ4v) is 5.60. The predicted octanol–water partition coefficient (Wildman–Crippen LogP) is 2.96. The van der Waals surface area contributed by atoms with Crippen LogP contribution in [-0.2, 0) is 15.1 Å². The Morgan fingerprint density at radius 3 is 2.82 bits per heavy atom. The maximum absolute atomic E-state index is 13.8. The van der Waals surface area contributed by atoms with E-state index in [1.807, 2.05) is 18.2 Å². The molecule has 1 spiro atoms. The summed E-state index contributed by atoms with van der Waals surface area (Å²) in [7, 11) is 1.67. The number of rotatable bonds is 4. The molecule has 4 atom stereocenters. The summed E-state index contributed by atoms with van der Waals surface area (Å²) < 4.78 is 12.7. The van der Waals surface area contributed by atoms with Crippen molar-refractivity contribution in [3.63, 3.8) is 0 Å². The Kier molecular flexibility index (Phi) is 4.85. The van der Waals surface area contributed by atoms with Gasteiger partial charge in [0, 0.05) is 43.1 Å². The summed E-state index contributed by atoms with van der Waals surface area (Å²) in [5.74, 6) is 1.26. The van der Waals surface area contributed by atoms with Crippen LogP contribution in [0.5, 0.6) is 5.75 Å². The molecule has 2 aliphatic carbocycles. The molecular formula is C26H27N5O3. The molecule has 8 heteroatoms. The third kappa shape index (κ3) is 3.26. The van der Waals surface area contributed by atoms with Crippen molar-refractivity contribution < 1.29 is 14.3 Å². The van der Waals surface area contributed by atoms with Crippen molar-refractivity contribution >= 4 is 11.9 Å². The number of pyridine rings is 1. The molecule has 0 bridgehead atoms. The molecule has 34 heavy (non-hydrogen) atoms. The summed E-state index contributed by atoms with van der Waals surface area (Å²) in [4.78, 5) is 24.3. The van der Waals surface area contributed by atoms with Gasteiger partial charge in [-0.3, -0.25) is 14.7 Å². The first kappa shape index (κ1) is 21.1. The van der Waals surface area contributed by atoms with Gasteiger partial charge in [0.05, 0.1) is 11.7 Å². The first-order valence-corrected chi connectivity index (χ1v) is 11.9. The van der Waals surface area contributed by atoms with Crippen molar-refractivity contribution in [1.82, 2.24) is 9.88 Å². The van der Waals surface area contributed by atoms with Crippen molar-refractivity contribution in [2.75, 3.05) is 13.7 Å². The van der Waals surface area contributed by atoms with E-state index in [0.29, 0.717) is 29.2 Å². The second-order valence-corrected chi connectivity index (χ2v) is 9.86. The van der Waals surface area contributed by atoms with E-state index < -0.39 is 5.54 Å². The molecule has 1 aromatic heterocycles. The van der Waals surface area contributed by atoms with E-state index in [4.69, 9.17) is 20.2 Å². The average molecular weight is 458 g/mol. The molecular weight excluding hydrogens is 430 g/mol. The summed E-state index contributed by atoms with van der Waals surface area (Å²) in [5, 5.41) is 9.29. The summed E-state index contributed by atoms with van der Waals surface area (Å²) in [5.41, 5.74) is 7.91.